The van der Waals surface area contributed by atoms with Gasteiger partial charge in [0.25, 0.3) is 0 Å². The lowest BCUT2D eigenvalue weighted by molar-refractivity contribution is 0.0174. The van der Waals surface area contributed by atoms with Crippen molar-refractivity contribution >= 4 is 0 Å². The minimum Gasteiger partial charge on any atom is -0.390 e. The van der Waals surface area contributed by atoms with Crippen LogP contribution in [0, 0.1) is 0 Å². The van der Waals surface area contributed by atoms with Gasteiger partial charge < -0.3 is 10.0 Å². The van der Waals surface area contributed by atoms with Crippen LogP contribution < -0.4 is 0 Å². The van der Waals surface area contributed by atoms with Gasteiger partial charge >= 0.3 is 0 Å². The summed E-state index contributed by atoms with van der Waals surface area (Å²) in [4.78, 5) is 2.44. The first kappa shape index (κ1) is 13.6. The van der Waals surface area contributed by atoms with Gasteiger partial charge in [-0.05, 0) is 50.8 Å². The molecule has 1 aliphatic rings. The molecule has 0 radical (unpaired) electrons. The molecular formula is C16H25NO. The number of rotatable bonds is 4. The van der Waals surface area contributed by atoms with Crippen LogP contribution in [0.2, 0.25) is 0 Å². The molecule has 0 aromatic heterocycles. The minimum absolute atomic E-state index is 0.445. The summed E-state index contributed by atoms with van der Waals surface area (Å²) in [6.45, 7) is 5.50. The second kappa shape index (κ2) is 6.35. The molecule has 1 unspecified atom stereocenters. The van der Waals surface area contributed by atoms with Gasteiger partial charge in [0.2, 0.25) is 0 Å². The standard InChI is InChI=1S/C16H25NO/c1-2-17-13-6-10-16(18,12-14-17)11-9-15-7-4-3-5-8-15/h3-5,7-8,18H,2,6,9-14H2,1H3. The fourth-order valence-electron chi connectivity index (χ4n) is 2.82. The van der Waals surface area contributed by atoms with Crippen molar-refractivity contribution in [3.8, 4) is 0 Å². The van der Waals surface area contributed by atoms with Crippen molar-refractivity contribution < 1.29 is 5.11 Å². The van der Waals surface area contributed by atoms with Crippen molar-refractivity contribution in [2.45, 2.75) is 44.6 Å². The Kier molecular flexibility index (Phi) is 4.79. The molecule has 2 heteroatoms. The largest absolute Gasteiger partial charge is 0.390 e. The normalized spacial score (nSPS) is 25.9. The predicted octanol–water partition coefficient (Wildman–Crippen LogP) is 2.86. The van der Waals surface area contributed by atoms with Crippen LogP contribution in [0.1, 0.15) is 38.2 Å². The second-order valence-electron chi connectivity index (χ2n) is 5.50. The number of aryl methyl sites for hydroxylation is 1. The summed E-state index contributed by atoms with van der Waals surface area (Å²) < 4.78 is 0. The van der Waals surface area contributed by atoms with E-state index in [9.17, 15) is 5.11 Å². The molecule has 1 saturated heterocycles. The Balaban J connectivity index is 1.87. The van der Waals surface area contributed by atoms with E-state index in [0.717, 1.165) is 51.7 Å². The molecule has 1 N–H and O–H groups in total. The Hall–Kier alpha value is -0.860. The Labute approximate surface area is 111 Å². The summed E-state index contributed by atoms with van der Waals surface area (Å²) in [6, 6.07) is 10.5. The maximum atomic E-state index is 10.7. The number of hydrogen-bond acceptors (Lipinski definition) is 2. The highest BCUT2D eigenvalue weighted by Gasteiger charge is 2.29. The molecule has 0 amide bonds. The molecule has 0 saturated carbocycles. The molecule has 18 heavy (non-hydrogen) atoms. The van der Waals surface area contributed by atoms with Gasteiger partial charge in [0.15, 0.2) is 0 Å². The Morgan fingerprint density at radius 1 is 1.17 bits per heavy atom. The van der Waals surface area contributed by atoms with Gasteiger partial charge in [-0.3, -0.25) is 0 Å². The summed E-state index contributed by atoms with van der Waals surface area (Å²) in [5, 5.41) is 10.7. The molecule has 1 aliphatic heterocycles. The van der Waals surface area contributed by atoms with Crippen molar-refractivity contribution in [1.82, 2.24) is 4.90 Å². The van der Waals surface area contributed by atoms with Crippen LogP contribution in [-0.4, -0.2) is 35.2 Å². The van der Waals surface area contributed by atoms with E-state index in [-0.39, 0.29) is 0 Å². The van der Waals surface area contributed by atoms with Crippen LogP contribution in [0.4, 0.5) is 0 Å². The third-order valence-corrected chi connectivity index (χ3v) is 4.18. The lowest BCUT2D eigenvalue weighted by Gasteiger charge is -2.27. The first-order chi connectivity index (χ1) is 8.72. The van der Waals surface area contributed by atoms with E-state index in [0.29, 0.717) is 0 Å². The smallest absolute Gasteiger partial charge is 0.0663 e. The highest BCUT2D eigenvalue weighted by molar-refractivity contribution is 5.15. The average molecular weight is 247 g/mol. The van der Waals surface area contributed by atoms with Crippen LogP contribution in [0.5, 0.6) is 0 Å². The molecule has 2 rings (SSSR count). The first-order valence-corrected chi connectivity index (χ1v) is 7.20. The monoisotopic (exact) mass is 247 g/mol. The first-order valence-electron chi connectivity index (χ1n) is 7.20. The molecule has 1 fully saturated rings. The van der Waals surface area contributed by atoms with Gasteiger partial charge in [0.1, 0.15) is 0 Å². The molecule has 2 nitrogen and oxygen atoms in total. The summed E-state index contributed by atoms with van der Waals surface area (Å²) in [5.41, 5.74) is 0.891. The van der Waals surface area contributed by atoms with Crippen LogP contribution in [0.15, 0.2) is 30.3 Å². The van der Waals surface area contributed by atoms with Gasteiger partial charge in [-0.2, -0.15) is 0 Å². The van der Waals surface area contributed by atoms with E-state index in [1.807, 2.05) is 6.07 Å². The van der Waals surface area contributed by atoms with E-state index >= 15 is 0 Å². The van der Waals surface area contributed by atoms with Gasteiger partial charge in [-0.15, -0.1) is 0 Å². The van der Waals surface area contributed by atoms with E-state index in [1.54, 1.807) is 0 Å². The molecule has 100 valence electrons. The predicted molar refractivity (Wildman–Crippen MR) is 75.7 cm³/mol. The maximum absolute atomic E-state index is 10.7. The highest BCUT2D eigenvalue weighted by Crippen LogP contribution is 2.27. The zero-order valence-corrected chi connectivity index (χ0v) is 11.4. The number of aliphatic hydroxyl groups is 1. The third kappa shape index (κ3) is 3.82. The van der Waals surface area contributed by atoms with Gasteiger partial charge in [0.05, 0.1) is 5.60 Å². The fourth-order valence-corrected chi connectivity index (χ4v) is 2.82. The second-order valence-corrected chi connectivity index (χ2v) is 5.50. The van der Waals surface area contributed by atoms with Crippen molar-refractivity contribution in [3.05, 3.63) is 35.9 Å². The van der Waals surface area contributed by atoms with Crippen molar-refractivity contribution in [3.63, 3.8) is 0 Å². The number of likely N-dealkylation sites (tertiary alicyclic amines) is 1. The molecule has 1 aromatic carbocycles. The molecule has 0 bridgehead atoms. The average Bonchev–Trinajstić information content (AvgIpc) is 2.60. The molecule has 0 aliphatic carbocycles. The Morgan fingerprint density at radius 2 is 1.94 bits per heavy atom. The topological polar surface area (TPSA) is 23.5 Å². The Morgan fingerprint density at radius 3 is 2.67 bits per heavy atom. The van der Waals surface area contributed by atoms with Crippen molar-refractivity contribution in [2.24, 2.45) is 0 Å². The minimum atomic E-state index is -0.445. The summed E-state index contributed by atoms with van der Waals surface area (Å²) in [5.74, 6) is 0. The van der Waals surface area contributed by atoms with E-state index < -0.39 is 5.60 Å². The summed E-state index contributed by atoms with van der Waals surface area (Å²) >= 11 is 0. The summed E-state index contributed by atoms with van der Waals surface area (Å²) in [7, 11) is 0. The molecular weight excluding hydrogens is 222 g/mol. The number of hydrogen-bond donors (Lipinski definition) is 1. The van der Waals surface area contributed by atoms with Crippen LogP contribution in [0.3, 0.4) is 0 Å². The SMILES string of the molecule is CCN1CCCC(O)(CCc2ccccc2)CC1. The molecule has 1 aromatic rings. The van der Waals surface area contributed by atoms with Crippen molar-refractivity contribution in [1.29, 1.82) is 0 Å². The summed E-state index contributed by atoms with van der Waals surface area (Å²) in [6.07, 6.45) is 4.89. The van der Waals surface area contributed by atoms with Gasteiger partial charge in [-0.1, -0.05) is 37.3 Å². The van der Waals surface area contributed by atoms with E-state index in [4.69, 9.17) is 0 Å². The lowest BCUT2D eigenvalue weighted by Crippen LogP contribution is -2.31. The third-order valence-electron chi connectivity index (χ3n) is 4.18. The molecule has 1 heterocycles. The number of nitrogens with zero attached hydrogens (tertiary/aromatic N) is 1. The van der Waals surface area contributed by atoms with Crippen LogP contribution in [0.25, 0.3) is 0 Å². The van der Waals surface area contributed by atoms with Crippen LogP contribution >= 0.6 is 0 Å². The maximum Gasteiger partial charge on any atom is 0.0663 e. The molecule has 0 spiro atoms. The van der Waals surface area contributed by atoms with Gasteiger partial charge in [0, 0.05) is 6.54 Å². The quantitative estimate of drug-likeness (QED) is 0.884. The van der Waals surface area contributed by atoms with E-state index in [2.05, 4.69) is 36.1 Å². The zero-order valence-electron chi connectivity index (χ0n) is 11.4. The fraction of sp³-hybridized carbons (Fsp3) is 0.625. The van der Waals surface area contributed by atoms with E-state index in [1.165, 1.54) is 5.56 Å². The number of benzene rings is 1. The molecule has 1 atom stereocenters. The van der Waals surface area contributed by atoms with Gasteiger partial charge in [-0.25, -0.2) is 0 Å². The Bertz CT molecular complexity index is 351. The van der Waals surface area contributed by atoms with Crippen molar-refractivity contribution in [2.75, 3.05) is 19.6 Å². The zero-order chi connectivity index (χ0) is 12.8. The van der Waals surface area contributed by atoms with Crippen LogP contribution in [-0.2, 0) is 6.42 Å². The lowest BCUT2D eigenvalue weighted by atomic mass is 9.88. The highest BCUT2D eigenvalue weighted by atomic mass is 16.3.